The van der Waals surface area contributed by atoms with Crippen LogP contribution in [0.5, 0.6) is 0 Å². The molecule has 2 rings (SSSR count). The van der Waals surface area contributed by atoms with Gasteiger partial charge in [0.25, 0.3) is 0 Å². The Morgan fingerprint density at radius 3 is 2.47 bits per heavy atom. The molecule has 0 spiro atoms. The van der Waals surface area contributed by atoms with Gasteiger partial charge in [0, 0.05) is 10.9 Å². The van der Waals surface area contributed by atoms with Crippen molar-refractivity contribution in [3.8, 4) is 0 Å². The molecule has 0 saturated heterocycles. The van der Waals surface area contributed by atoms with Crippen LogP contribution in [0.15, 0.2) is 24.3 Å². The maximum atomic E-state index is 10.1. The lowest BCUT2D eigenvalue weighted by Gasteiger charge is -2.34. The van der Waals surface area contributed by atoms with Crippen LogP contribution in [0, 0.1) is 5.92 Å². The smallest absolute Gasteiger partial charge is 0.0574 e. The van der Waals surface area contributed by atoms with E-state index < -0.39 is 0 Å². The molecule has 1 saturated carbocycles. The Hall–Kier alpha value is -0.570. The van der Waals surface area contributed by atoms with Crippen molar-refractivity contribution in [2.75, 3.05) is 6.54 Å². The summed E-state index contributed by atoms with van der Waals surface area (Å²) in [7, 11) is 0. The van der Waals surface area contributed by atoms with Gasteiger partial charge in [0.15, 0.2) is 0 Å². The highest BCUT2D eigenvalue weighted by Crippen LogP contribution is 2.36. The van der Waals surface area contributed by atoms with Crippen LogP contribution in [0.25, 0.3) is 0 Å². The molecule has 1 aliphatic rings. The fourth-order valence-electron chi connectivity index (χ4n) is 2.88. The van der Waals surface area contributed by atoms with Crippen LogP contribution < -0.4 is 5.73 Å². The van der Waals surface area contributed by atoms with Crippen LogP contribution in [0.2, 0.25) is 5.02 Å². The van der Waals surface area contributed by atoms with E-state index in [0.29, 0.717) is 12.5 Å². The summed E-state index contributed by atoms with van der Waals surface area (Å²) in [6.07, 6.45) is 4.12. The second kappa shape index (κ2) is 5.85. The maximum absolute atomic E-state index is 10.1. The first-order valence-electron chi connectivity index (χ1n) is 6.36. The number of benzene rings is 1. The molecule has 0 amide bonds. The zero-order chi connectivity index (χ0) is 12.3. The summed E-state index contributed by atoms with van der Waals surface area (Å²) in [6, 6.07) is 7.85. The van der Waals surface area contributed by atoms with Gasteiger partial charge in [0.05, 0.1) is 6.10 Å². The minimum atomic E-state index is -0.201. The molecule has 0 aromatic heterocycles. The minimum Gasteiger partial charge on any atom is -0.393 e. The molecule has 0 aliphatic heterocycles. The number of rotatable bonds is 3. The number of aliphatic hydroxyl groups is 1. The molecule has 1 fully saturated rings. The lowest BCUT2D eigenvalue weighted by Crippen LogP contribution is -2.33. The molecule has 94 valence electrons. The van der Waals surface area contributed by atoms with E-state index in [2.05, 4.69) is 0 Å². The Bertz CT molecular complexity index is 352. The minimum absolute atomic E-state index is 0.201. The van der Waals surface area contributed by atoms with Crippen molar-refractivity contribution in [3.63, 3.8) is 0 Å². The van der Waals surface area contributed by atoms with Crippen LogP contribution in [-0.2, 0) is 0 Å². The number of nitrogens with two attached hydrogens (primary N) is 1. The van der Waals surface area contributed by atoms with E-state index in [9.17, 15) is 5.11 Å². The van der Waals surface area contributed by atoms with E-state index in [4.69, 9.17) is 17.3 Å². The van der Waals surface area contributed by atoms with E-state index in [-0.39, 0.29) is 12.0 Å². The highest BCUT2D eigenvalue weighted by Gasteiger charge is 2.30. The molecule has 1 aromatic rings. The molecule has 3 heteroatoms. The average molecular weight is 254 g/mol. The van der Waals surface area contributed by atoms with Crippen molar-refractivity contribution < 1.29 is 5.11 Å². The highest BCUT2D eigenvalue weighted by molar-refractivity contribution is 6.30. The average Bonchev–Trinajstić information content (AvgIpc) is 2.35. The second-order valence-electron chi connectivity index (χ2n) is 4.91. The molecule has 1 aliphatic carbocycles. The first kappa shape index (κ1) is 12.9. The third-order valence-electron chi connectivity index (χ3n) is 3.85. The molecule has 0 heterocycles. The van der Waals surface area contributed by atoms with Crippen LogP contribution in [0.4, 0.5) is 0 Å². The second-order valence-corrected chi connectivity index (χ2v) is 5.35. The highest BCUT2D eigenvalue weighted by atomic mass is 35.5. The molecule has 0 bridgehead atoms. The predicted octanol–water partition coefficient (Wildman–Crippen LogP) is 2.93. The van der Waals surface area contributed by atoms with Gasteiger partial charge in [-0.15, -0.1) is 0 Å². The van der Waals surface area contributed by atoms with E-state index in [0.717, 1.165) is 24.3 Å². The first-order valence-corrected chi connectivity index (χ1v) is 6.73. The Morgan fingerprint density at radius 1 is 1.24 bits per heavy atom. The van der Waals surface area contributed by atoms with Gasteiger partial charge in [-0.3, -0.25) is 0 Å². The fourth-order valence-corrected chi connectivity index (χ4v) is 3.00. The summed E-state index contributed by atoms with van der Waals surface area (Å²) in [5, 5.41) is 10.8. The SMILES string of the molecule is NC[C@@H](c1ccc(Cl)cc1)[C@@H]1CCCC[C@H]1O. The molecule has 3 N–H and O–H groups in total. The molecular formula is C14H20ClNO. The molecule has 2 nitrogen and oxygen atoms in total. The van der Waals surface area contributed by atoms with Crippen molar-refractivity contribution >= 4 is 11.6 Å². The quantitative estimate of drug-likeness (QED) is 0.870. The molecule has 3 atom stereocenters. The Labute approximate surface area is 108 Å². The summed E-state index contributed by atoms with van der Waals surface area (Å²) in [6.45, 7) is 0.587. The van der Waals surface area contributed by atoms with Crippen LogP contribution in [-0.4, -0.2) is 17.8 Å². The Balaban J connectivity index is 2.17. The summed E-state index contributed by atoms with van der Waals surface area (Å²) >= 11 is 5.89. The third-order valence-corrected chi connectivity index (χ3v) is 4.10. The largest absolute Gasteiger partial charge is 0.393 e. The molecule has 0 unspecified atom stereocenters. The fraction of sp³-hybridized carbons (Fsp3) is 0.571. The summed E-state index contributed by atoms with van der Waals surface area (Å²) in [5.41, 5.74) is 7.09. The molecular weight excluding hydrogens is 234 g/mol. The van der Waals surface area contributed by atoms with Crippen molar-refractivity contribution in [2.45, 2.75) is 37.7 Å². The number of hydrogen-bond donors (Lipinski definition) is 2. The standard InChI is InChI=1S/C14H20ClNO/c15-11-7-5-10(6-8-11)13(9-16)12-3-1-2-4-14(12)17/h5-8,12-14,17H,1-4,9,16H2/t12-,13-,14+/m0/s1. The molecule has 17 heavy (non-hydrogen) atoms. The summed E-state index contributed by atoms with van der Waals surface area (Å²) in [4.78, 5) is 0. The van der Waals surface area contributed by atoms with Gasteiger partial charge in [-0.1, -0.05) is 36.6 Å². The summed E-state index contributed by atoms with van der Waals surface area (Å²) in [5.74, 6) is 0.553. The van der Waals surface area contributed by atoms with E-state index in [1.54, 1.807) is 0 Å². The topological polar surface area (TPSA) is 46.2 Å². The number of hydrogen-bond acceptors (Lipinski definition) is 2. The molecule has 1 aromatic carbocycles. The van der Waals surface area contributed by atoms with Gasteiger partial charge < -0.3 is 10.8 Å². The van der Waals surface area contributed by atoms with E-state index in [1.807, 2.05) is 24.3 Å². The van der Waals surface area contributed by atoms with Gasteiger partial charge in [-0.2, -0.15) is 0 Å². The van der Waals surface area contributed by atoms with Gasteiger partial charge in [0.2, 0.25) is 0 Å². The zero-order valence-corrected chi connectivity index (χ0v) is 10.7. The van der Waals surface area contributed by atoms with Crippen LogP contribution in [0.1, 0.15) is 37.2 Å². The Kier molecular flexibility index (Phi) is 4.43. The van der Waals surface area contributed by atoms with E-state index in [1.165, 1.54) is 12.0 Å². The Morgan fingerprint density at radius 2 is 1.88 bits per heavy atom. The lowest BCUT2D eigenvalue weighted by molar-refractivity contribution is 0.0561. The van der Waals surface area contributed by atoms with Crippen molar-refractivity contribution in [1.29, 1.82) is 0 Å². The van der Waals surface area contributed by atoms with Crippen LogP contribution in [0.3, 0.4) is 0 Å². The summed E-state index contributed by atoms with van der Waals surface area (Å²) < 4.78 is 0. The van der Waals surface area contributed by atoms with Gasteiger partial charge in [-0.05, 0) is 43.0 Å². The van der Waals surface area contributed by atoms with Gasteiger partial charge >= 0.3 is 0 Å². The lowest BCUT2D eigenvalue weighted by atomic mass is 9.75. The van der Waals surface area contributed by atoms with Gasteiger partial charge in [0.1, 0.15) is 0 Å². The molecule has 0 radical (unpaired) electrons. The number of aliphatic hydroxyl groups excluding tert-OH is 1. The maximum Gasteiger partial charge on any atom is 0.0574 e. The predicted molar refractivity (Wildman–Crippen MR) is 71.2 cm³/mol. The van der Waals surface area contributed by atoms with Crippen LogP contribution >= 0.6 is 11.6 Å². The van der Waals surface area contributed by atoms with Crippen molar-refractivity contribution in [1.82, 2.24) is 0 Å². The van der Waals surface area contributed by atoms with Crippen molar-refractivity contribution in [3.05, 3.63) is 34.9 Å². The monoisotopic (exact) mass is 253 g/mol. The van der Waals surface area contributed by atoms with E-state index >= 15 is 0 Å². The normalized spacial score (nSPS) is 26.8. The number of halogens is 1. The first-order chi connectivity index (χ1) is 8.22. The van der Waals surface area contributed by atoms with Gasteiger partial charge in [-0.25, -0.2) is 0 Å². The zero-order valence-electron chi connectivity index (χ0n) is 9.98. The van der Waals surface area contributed by atoms with Crippen molar-refractivity contribution in [2.24, 2.45) is 11.7 Å². The third kappa shape index (κ3) is 3.01.